The number of aryl methyl sites for hydroxylation is 1. The van der Waals surface area contributed by atoms with Gasteiger partial charge in [-0.1, -0.05) is 43.7 Å². The number of nitrogens with zero attached hydrogens (tertiary/aromatic N) is 2. The van der Waals surface area contributed by atoms with Crippen LogP contribution in [0.3, 0.4) is 0 Å². The normalized spacial score (nSPS) is 11.6. The maximum absolute atomic E-state index is 10.5. The highest BCUT2D eigenvalue weighted by molar-refractivity contribution is 5.68. The maximum Gasteiger partial charge on any atom is 0.164 e. The third-order valence-electron chi connectivity index (χ3n) is 3.37. The van der Waals surface area contributed by atoms with E-state index in [4.69, 9.17) is 0 Å². The molecule has 108 valence electrons. The fourth-order valence-corrected chi connectivity index (χ4v) is 2.35. The minimum atomic E-state index is 0.220. The second kappa shape index (κ2) is 5.70. The third kappa shape index (κ3) is 2.87. The molecule has 0 atom stereocenters. The van der Waals surface area contributed by atoms with E-state index in [0.29, 0.717) is 11.7 Å². The molecule has 0 amide bonds. The molecular weight excluding hydrogens is 248 g/mol. The Morgan fingerprint density at radius 3 is 2.20 bits per heavy atom. The molecule has 3 nitrogen and oxygen atoms in total. The van der Waals surface area contributed by atoms with Crippen LogP contribution in [0.4, 0.5) is 0 Å². The van der Waals surface area contributed by atoms with E-state index in [9.17, 15) is 5.11 Å². The van der Waals surface area contributed by atoms with Crippen molar-refractivity contribution in [1.82, 2.24) is 9.78 Å². The summed E-state index contributed by atoms with van der Waals surface area (Å²) in [5, 5.41) is 15.2. The van der Waals surface area contributed by atoms with Gasteiger partial charge in [0.05, 0.1) is 0 Å². The molecule has 0 bridgehead atoms. The molecule has 0 saturated carbocycles. The first kappa shape index (κ1) is 14.6. The average molecular weight is 272 g/mol. The van der Waals surface area contributed by atoms with E-state index in [-0.39, 0.29) is 6.04 Å². The van der Waals surface area contributed by atoms with Gasteiger partial charge in [0.2, 0.25) is 0 Å². The number of hydrogen-bond donors (Lipinski definition) is 1. The second-order valence-electron chi connectivity index (χ2n) is 6.15. The van der Waals surface area contributed by atoms with Gasteiger partial charge in [0, 0.05) is 11.6 Å². The zero-order chi connectivity index (χ0) is 14.9. The lowest BCUT2D eigenvalue weighted by Gasteiger charge is -2.11. The van der Waals surface area contributed by atoms with Crippen LogP contribution in [0.5, 0.6) is 5.75 Å². The smallest absolute Gasteiger partial charge is 0.164 e. The summed E-state index contributed by atoms with van der Waals surface area (Å²) in [4.78, 5) is 0. The number of aromatic hydroxyl groups is 1. The van der Waals surface area contributed by atoms with E-state index in [1.165, 1.54) is 5.56 Å². The van der Waals surface area contributed by atoms with Crippen LogP contribution in [0.2, 0.25) is 0 Å². The van der Waals surface area contributed by atoms with Crippen LogP contribution in [0.25, 0.3) is 11.3 Å². The van der Waals surface area contributed by atoms with E-state index < -0.39 is 0 Å². The van der Waals surface area contributed by atoms with Crippen LogP contribution >= 0.6 is 0 Å². The molecule has 0 spiro atoms. The van der Waals surface area contributed by atoms with Crippen molar-refractivity contribution in [2.45, 2.75) is 47.1 Å². The van der Waals surface area contributed by atoms with Crippen molar-refractivity contribution < 1.29 is 5.11 Å². The molecular formula is C17H24N2O. The molecule has 1 aromatic heterocycles. The predicted molar refractivity (Wildman–Crippen MR) is 83.0 cm³/mol. The third-order valence-corrected chi connectivity index (χ3v) is 3.37. The average Bonchev–Trinajstić information content (AvgIpc) is 2.68. The van der Waals surface area contributed by atoms with Crippen molar-refractivity contribution in [3.8, 4) is 17.0 Å². The van der Waals surface area contributed by atoms with Crippen molar-refractivity contribution in [2.24, 2.45) is 5.92 Å². The SMILES string of the molecule is Cc1ccc(-c2c(O)c(CC(C)C)nn2C(C)C)cc1. The largest absolute Gasteiger partial charge is 0.504 e. The summed E-state index contributed by atoms with van der Waals surface area (Å²) in [5.41, 5.74) is 3.86. The molecule has 0 aliphatic carbocycles. The van der Waals surface area contributed by atoms with E-state index in [1.807, 2.05) is 16.8 Å². The molecule has 3 heteroatoms. The van der Waals surface area contributed by atoms with Crippen molar-refractivity contribution in [1.29, 1.82) is 0 Å². The van der Waals surface area contributed by atoms with Crippen LogP contribution in [0.15, 0.2) is 24.3 Å². The van der Waals surface area contributed by atoms with Crippen LogP contribution in [0, 0.1) is 12.8 Å². The van der Waals surface area contributed by atoms with Crippen LogP contribution in [-0.2, 0) is 6.42 Å². The zero-order valence-corrected chi connectivity index (χ0v) is 13.0. The molecule has 0 aliphatic rings. The standard InChI is InChI=1S/C17H24N2O/c1-11(2)10-15-17(20)16(19(18-15)12(3)4)14-8-6-13(5)7-9-14/h6-9,11-12,20H,10H2,1-5H3. The van der Waals surface area contributed by atoms with E-state index in [0.717, 1.165) is 23.4 Å². The van der Waals surface area contributed by atoms with Crippen molar-refractivity contribution >= 4 is 0 Å². The van der Waals surface area contributed by atoms with Crippen molar-refractivity contribution in [3.63, 3.8) is 0 Å². The highest BCUT2D eigenvalue weighted by Crippen LogP contribution is 2.35. The van der Waals surface area contributed by atoms with Crippen molar-refractivity contribution in [2.75, 3.05) is 0 Å². The first-order chi connectivity index (χ1) is 9.40. The summed E-state index contributed by atoms with van der Waals surface area (Å²) in [7, 11) is 0. The molecule has 2 aromatic rings. The molecule has 1 heterocycles. The Morgan fingerprint density at radius 1 is 1.10 bits per heavy atom. The quantitative estimate of drug-likeness (QED) is 0.899. The zero-order valence-electron chi connectivity index (χ0n) is 13.0. The molecule has 1 aromatic carbocycles. The topological polar surface area (TPSA) is 38.1 Å². The lowest BCUT2D eigenvalue weighted by molar-refractivity contribution is 0.463. The summed E-state index contributed by atoms with van der Waals surface area (Å²) in [6.07, 6.45) is 0.796. The van der Waals surface area contributed by atoms with E-state index >= 15 is 0 Å². The monoisotopic (exact) mass is 272 g/mol. The van der Waals surface area contributed by atoms with Gasteiger partial charge < -0.3 is 5.11 Å². The first-order valence-corrected chi connectivity index (χ1v) is 7.27. The van der Waals surface area contributed by atoms with Gasteiger partial charge in [-0.2, -0.15) is 5.10 Å². The molecule has 0 saturated heterocycles. The Kier molecular flexibility index (Phi) is 4.17. The number of aromatic nitrogens is 2. The minimum absolute atomic E-state index is 0.220. The molecule has 0 radical (unpaired) electrons. The van der Waals surface area contributed by atoms with Crippen LogP contribution in [0.1, 0.15) is 45.0 Å². The van der Waals surface area contributed by atoms with Gasteiger partial charge in [-0.25, -0.2) is 0 Å². The Balaban J connectivity index is 2.55. The molecule has 1 N–H and O–H groups in total. The highest BCUT2D eigenvalue weighted by Gasteiger charge is 2.20. The van der Waals surface area contributed by atoms with Gasteiger partial charge in [0.25, 0.3) is 0 Å². The lowest BCUT2D eigenvalue weighted by Crippen LogP contribution is -2.06. The van der Waals surface area contributed by atoms with Gasteiger partial charge in [-0.15, -0.1) is 0 Å². The summed E-state index contributed by atoms with van der Waals surface area (Å²) >= 11 is 0. The van der Waals surface area contributed by atoms with E-state index in [1.54, 1.807) is 0 Å². The van der Waals surface area contributed by atoms with Gasteiger partial charge in [0.1, 0.15) is 11.4 Å². The summed E-state index contributed by atoms with van der Waals surface area (Å²) in [6, 6.07) is 8.44. The number of hydrogen-bond acceptors (Lipinski definition) is 2. The Hall–Kier alpha value is -1.77. The fraction of sp³-hybridized carbons (Fsp3) is 0.471. The molecule has 20 heavy (non-hydrogen) atoms. The maximum atomic E-state index is 10.5. The van der Waals surface area contributed by atoms with Crippen LogP contribution in [-0.4, -0.2) is 14.9 Å². The fourth-order valence-electron chi connectivity index (χ4n) is 2.35. The van der Waals surface area contributed by atoms with E-state index in [2.05, 4.69) is 51.9 Å². The van der Waals surface area contributed by atoms with Crippen molar-refractivity contribution in [3.05, 3.63) is 35.5 Å². The number of rotatable bonds is 4. The summed E-state index contributed by atoms with van der Waals surface area (Å²) < 4.78 is 1.93. The molecule has 0 aliphatic heterocycles. The first-order valence-electron chi connectivity index (χ1n) is 7.27. The van der Waals surface area contributed by atoms with Gasteiger partial charge in [0.15, 0.2) is 5.75 Å². The highest BCUT2D eigenvalue weighted by atomic mass is 16.3. The Labute approximate surface area is 121 Å². The lowest BCUT2D eigenvalue weighted by atomic mass is 10.0. The summed E-state index contributed by atoms with van der Waals surface area (Å²) in [5.74, 6) is 0.804. The molecule has 0 unspecified atom stereocenters. The molecule has 2 rings (SSSR count). The predicted octanol–water partition coefficient (Wildman–Crippen LogP) is 4.34. The minimum Gasteiger partial charge on any atom is -0.504 e. The van der Waals surface area contributed by atoms with Gasteiger partial charge >= 0.3 is 0 Å². The second-order valence-corrected chi connectivity index (χ2v) is 6.15. The molecule has 0 fully saturated rings. The van der Waals surface area contributed by atoms with Crippen LogP contribution < -0.4 is 0 Å². The number of benzene rings is 1. The summed E-state index contributed by atoms with van der Waals surface area (Å²) in [6.45, 7) is 10.5. The van der Waals surface area contributed by atoms with Gasteiger partial charge in [-0.05, 0) is 33.1 Å². The Morgan fingerprint density at radius 2 is 1.70 bits per heavy atom. The Bertz CT molecular complexity index is 580. The van der Waals surface area contributed by atoms with Gasteiger partial charge in [-0.3, -0.25) is 4.68 Å².